The maximum Gasteiger partial charge on any atom is 0.0997 e. The number of hydrogen-bond donors (Lipinski definition) is 2. The van der Waals surface area contributed by atoms with Gasteiger partial charge < -0.3 is 5.32 Å². The molecule has 0 aliphatic rings. The summed E-state index contributed by atoms with van der Waals surface area (Å²) in [4.78, 5) is 0. The van der Waals surface area contributed by atoms with Gasteiger partial charge in [-0.25, -0.2) is 0 Å². The third-order valence-corrected chi connectivity index (χ3v) is 3.30. The smallest absolute Gasteiger partial charge is 0.0997 e. The largest absolute Gasteiger partial charge is 0.308 e. The third kappa shape index (κ3) is 3.89. The highest BCUT2D eigenvalue weighted by atomic mass is 15.3. The summed E-state index contributed by atoms with van der Waals surface area (Å²) >= 11 is 0. The molecule has 1 unspecified atom stereocenters. The minimum absolute atomic E-state index is 0.228. The number of benzene rings is 1. The van der Waals surface area contributed by atoms with Crippen LogP contribution in [0.4, 0.5) is 0 Å². The van der Waals surface area contributed by atoms with Crippen LogP contribution in [0.2, 0.25) is 0 Å². The molecule has 0 saturated carbocycles. The molecule has 0 bridgehead atoms. The van der Waals surface area contributed by atoms with E-state index < -0.39 is 0 Å². The van der Waals surface area contributed by atoms with Crippen molar-refractivity contribution >= 4 is 0 Å². The monoisotopic (exact) mass is 258 g/mol. The molecule has 0 amide bonds. The molecule has 1 heterocycles. The zero-order chi connectivity index (χ0) is 13.5. The van der Waals surface area contributed by atoms with E-state index in [9.17, 15) is 0 Å². The second-order valence-corrected chi connectivity index (χ2v) is 4.78. The number of nitrogens with one attached hydrogen (secondary N) is 2. The number of aromatic amines is 1. The van der Waals surface area contributed by atoms with Gasteiger partial charge in [0, 0.05) is 0 Å². The van der Waals surface area contributed by atoms with Crippen molar-refractivity contribution in [3.63, 3.8) is 0 Å². The van der Waals surface area contributed by atoms with E-state index in [1.165, 1.54) is 11.1 Å². The summed E-state index contributed by atoms with van der Waals surface area (Å²) in [7, 11) is 0. The molecule has 2 rings (SSSR count). The van der Waals surface area contributed by atoms with Crippen LogP contribution in [-0.4, -0.2) is 22.0 Å². The van der Waals surface area contributed by atoms with Crippen LogP contribution in [0, 0.1) is 0 Å². The number of aryl methyl sites for hydroxylation is 1. The molecular weight excluding hydrogens is 236 g/mol. The second-order valence-electron chi connectivity index (χ2n) is 4.78. The summed E-state index contributed by atoms with van der Waals surface area (Å²) in [5.74, 6) is 0. The van der Waals surface area contributed by atoms with Gasteiger partial charge in [-0.2, -0.15) is 15.4 Å². The quantitative estimate of drug-likeness (QED) is 0.802. The number of hydrogen-bond acceptors (Lipinski definition) is 3. The molecule has 0 radical (unpaired) electrons. The number of aromatic nitrogens is 3. The molecule has 4 nitrogen and oxygen atoms in total. The summed E-state index contributed by atoms with van der Waals surface area (Å²) in [6.07, 6.45) is 4.94. The van der Waals surface area contributed by atoms with E-state index in [-0.39, 0.29) is 6.04 Å². The molecule has 4 heteroatoms. The predicted molar refractivity (Wildman–Crippen MR) is 76.9 cm³/mol. The Morgan fingerprint density at radius 3 is 2.47 bits per heavy atom. The zero-order valence-electron chi connectivity index (χ0n) is 11.7. The Morgan fingerprint density at radius 1 is 1.16 bits per heavy atom. The van der Waals surface area contributed by atoms with Crippen LogP contribution in [-0.2, 0) is 12.8 Å². The van der Waals surface area contributed by atoms with Gasteiger partial charge in [-0.15, -0.1) is 0 Å². The summed E-state index contributed by atoms with van der Waals surface area (Å²) < 4.78 is 0. The van der Waals surface area contributed by atoms with Gasteiger partial charge in [-0.05, 0) is 36.9 Å². The standard InChI is InChI=1S/C15H22N4/c1-3-9-16-14(15-11-17-19-18-15)10-13-7-5-12(4-2)6-8-13/h5-8,11,14,16H,3-4,9-10H2,1-2H3,(H,17,18,19). The van der Waals surface area contributed by atoms with Gasteiger partial charge in [0.25, 0.3) is 0 Å². The minimum atomic E-state index is 0.228. The van der Waals surface area contributed by atoms with E-state index >= 15 is 0 Å². The SMILES string of the molecule is CCCNC(Cc1ccc(CC)cc1)c1cn[nH]n1. The van der Waals surface area contributed by atoms with Crippen molar-refractivity contribution < 1.29 is 0 Å². The lowest BCUT2D eigenvalue weighted by Gasteiger charge is -2.16. The topological polar surface area (TPSA) is 53.6 Å². The lowest BCUT2D eigenvalue weighted by atomic mass is 10.0. The van der Waals surface area contributed by atoms with Crippen LogP contribution in [0.1, 0.15) is 43.1 Å². The van der Waals surface area contributed by atoms with Crippen LogP contribution in [0.25, 0.3) is 0 Å². The molecule has 2 N–H and O–H groups in total. The van der Waals surface area contributed by atoms with Gasteiger partial charge in [-0.3, -0.25) is 0 Å². The summed E-state index contributed by atoms with van der Waals surface area (Å²) in [6, 6.07) is 9.05. The normalized spacial score (nSPS) is 12.5. The minimum Gasteiger partial charge on any atom is -0.308 e. The fourth-order valence-electron chi connectivity index (χ4n) is 2.12. The van der Waals surface area contributed by atoms with E-state index in [1.54, 1.807) is 6.20 Å². The van der Waals surface area contributed by atoms with Crippen molar-refractivity contribution in [1.29, 1.82) is 0 Å². The molecule has 0 saturated heterocycles. The van der Waals surface area contributed by atoms with Crippen LogP contribution >= 0.6 is 0 Å². The molecule has 1 atom stereocenters. The Kier molecular flexibility index (Phi) is 5.10. The van der Waals surface area contributed by atoms with E-state index in [2.05, 4.69) is 58.8 Å². The number of rotatable bonds is 7. The molecule has 0 spiro atoms. The van der Waals surface area contributed by atoms with Crippen LogP contribution < -0.4 is 5.32 Å². The highest BCUT2D eigenvalue weighted by Crippen LogP contribution is 2.16. The van der Waals surface area contributed by atoms with Crippen molar-refractivity contribution in [3.8, 4) is 0 Å². The number of H-pyrrole nitrogens is 1. The molecule has 19 heavy (non-hydrogen) atoms. The van der Waals surface area contributed by atoms with Gasteiger partial charge in [0.2, 0.25) is 0 Å². The van der Waals surface area contributed by atoms with Crippen molar-refractivity contribution in [1.82, 2.24) is 20.7 Å². The number of nitrogens with zero attached hydrogens (tertiary/aromatic N) is 2. The van der Waals surface area contributed by atoms with E-state index in [0.717, 1.165) is 31.5 Å². The van der Waals surface area contributed by atoms with Crippen molar-refractivity contribution in [2.45, 2.75) is 39.2 Å². The molecule has 0 fully saturated rings. The molecule has 1 aromatic heterocycles. The average Bonchev–Trinajstić information content (AvgIpc) is 2.98. The van der Waals surface area contributed by atoms with Gasteiger partial charge in [0.05, 0.1) is 17.9 Å². The summed E-state index contributed by atoms with van der Waals surface area (Å²) in [5.41, 5.74) is 3.69. The molecule has 0 aliphatic heterocycles. The van der Waals surface area contributed by atoms with Crippen molar-refractivity contribution in [3.05, 3.63) is 47.3 Å². The average molecular weight is 258 g/mol. The summed E-state index contributed by atoms with van der Waals surface area (Å²) in [5, 5.41) is 14.3. The third-order valence-electron chi connectivity index (χ3n) is 3.30. The van der Waals surface area contributed by atoms with Gasteiger partial charge in [-0.1, -0.05) is 38.1 Å². The van der Waals surface area contributed by atoms with Crippen LogP contribution in [0.3, 0.4) is 0 Å². The van der Waals surface area contributed by atoms with E-state index in [0.29, 0.717) is 0 Å². The van der Waals surface area contributed by atoms with Gasteiger partial charge in [0.15, 0.2) is 0 Å². The highest BCUT2D eigenvalue weighted by molar-refractivity contribution is 5.24. The predicted octanol–water partition coefficient (Wildman–Crippen LogP) is 2.65. The second kappa shape index (κ2) is 7.04. The first kappa shape index (κ1) is 13.7. The molecule has 102 valence electrons. The first-order valence-corrected chi connectivity index (χ1v) is 7.00. The molecular formula is C15H22N4. The molecule has 0 aliphatic carbocycles. The van der Waals surface area contributed by atoms with Crippen LogP contribution in [0.5, 0.6) is 0 Å². The van der Waals surface area contributed by atoms with Gasteiger partial charge in [0.1, 0.15) is 0 Å². The Labute approximate surface area is 114 Å². The van der Waals surface area contributed by atoms with Gasteiger partial charge >= 0.3 is 0 Å². The Balaban J connectivity index is 2.06. The summed E-state index contributed by atoms with van der Waals surface area (Å²) in [6.45, 7) is 5.34. The Morgan fingerprint density at radius 2 is 1.89 bits per heavy atom. The molecule has 2 aromatic rings. The zero-order valence-corrected chi connectivity index (χ0v) is 11.7. The van der Waals surface area contributed by atoms with Crippen molar-refractivity contribution in [2.24, 2.45) is 0 Å². The Bertz CT molecular complexity index is 461. The van der Waals surface area contributed by atoms with E-state index in [4.69, 9.17) is 0 Å². The fraction of sp³-hybridized carbons (Fsp3) is 0.467. The first-order valence-electron chi connectivity index (χ1n) is 7.00. The maximum absolute atomic E-state index is 4.20. The van der Waals surface area contributed by atoms with Crippen LogP contribution in [0.15, 0.2) is 30.5 Å². The first-order chi connectivity index (χ1) is 9.33. The lowest BCUT2D eigenvalue weighted by Crippen LogP contribution is -2.24. The lowest BCUT2D eigenvalue weighted by molar-refractivity contribution is 0.517. The van der Waals surface area contributed by atoms with E-state index in [1.807, 2.05) is 0 Å². The highest BCUT2D eigenvalue weighted by Gasteiger charge is 2.14. The molecule has 1 aromatic carbocycles. The Hall–Kier alpha value is -1.68. The fourth-order valence-corrected chi connectivity index (χ4v) is 2.12. The maximum atomic E-state index is 4.20. The van der Waals surface area contributed by atoms with Crippen molar-refractivity contribution in [2.75, 3.05) is 6.54 Å².